The van der Waals surface area contributed by atoms with Crippen molar-refractivity contribution in [3.8, 4) is 5.75 Å². The molecule has 120 valence electrons. The van der Waals surface area contributed by atoms with Crippen molar-refractivity contribution in [2.75, 3.05) is 6.61 Å². The van der Waals surface area contributed by atoms with Gasteiger partial charge in [0.2, 0.25) is 5.91 Å². The van der Waals surface area contributed by atoms with Crippen molar-refractivity contribution in [2.24, 2.45) is 0 Å². The Labute approximate surface area is 136 Å². The molecule has 0 spiro atoms. The fourth-order valence-corrected chi connectivity index (χ4v) is 2.85. The number of hydrogen-bond donors (Lipinski definition) is 1. The van der Waals surface area contributed by atoms with Gasteiger partial charge in [0.25, 0.3) is 0 Å². The summed E-state index contributed by atoms with van der Waals surface area (Å²) < 4.78 is 5.63. The van der Waals surface area contributed by atoms with E-state index in [0.717, 1.165) is 42.7 Å². The summed E-state index contributed by atoms with van der Waals surface area (Å²) in [6.45, 7) is 2.82. The molecule has 1 aromatic carbocycles. The van der Waals surface area contributed by atoms with Gasteiger partial charge in [-0.2, -0.15) is 0 Å². The van der Waals surface area contributed by atoms with Gasteiger partial charge < -0.3 is 10.1 Å². The molecule has 1 aromatic heterocycles. The number of aryl methyl sites for hydroxylation is 2. The average molecular weight is 310 g/mol. The van der Waals surface area contributed by atoms with Gasteiger partial charge in [0.05, 0.1) is 12.6 Å². The highest BCUT2D eigenvalue weighted by molar-refractivity contribution is 5.76. The summed E-state index contributed by atoms with van der Waals surface area (Å²) in [7, 11) is 0. The molecule has 4 heteroatoms. The van der Waals surface area contributed by atoms with Crippen molar-refractivity contribution < 1.29 is 9.53 Å². The number of hydrogen-bond acceptors (Lipinski definition) is 3. The summed E-state index contributed by atoms with van der Waals surface area (Å²) in [5.41, 5.74) is 3.51. The van der Waals surface area contributed by atoms with Crippen LogP contribution in [0.1, 0.15) is 42.5 Å². The zero-order valence-electron chi connectivity index (χ0n) is 13.4. The summed E-state index contributed by atoms with van der Waals surface area (Å²) in [4.78, 5) is 16.1. The number of aromatic nitrogens is 1. The largest absolute Gasteiger partial charge is 0.493 e. The van der Waals surface area contributed by atoms with Gasteiger partial charge in [-0.15, -0.1) is 0 Å². The maximum Gasteiger partial charge on any atom is 0.220 e. The third-order valence-electron chi connectivity index (χ3n) is 4.20. The van der Waals surface area contributed by atoms with Gasteiger partial charge in [0.15, 0.2) is 0 Å². The van der Waals surface area contributed by atoms with Crippen LogP contribution in [-0.4, -0.2) is 17.5 Å². The van der Waals surface area contributed by atoms with E-state index in [4.69, 9.17) is 4.74 Å². The van der Waals surface area contributed by atoms with E-state index in [1.165, 1.54) is 5.56 Å². The SMILES string of the molecule is C[C@@H](NC(=O)CCc1ccncc1)c1ccc2c(c1)CCCO2. The maximum absolute atomic E-state index is 12.1. The first kappa shape index (κ1) is 15.5. The summed E-state index contributed by atoms with van der Waals surface area (Å²) in [6, 6.07) is 10.1. The van der Waals surface area contributed by atoms with E-state index in [-0.39, 0.29) is 11.9 Å². The van der Waals surface area contributed by atoms with Gasteiger partial charge in [-0.05, 0) is 61.1 Å². The normalized spacial score (nSPS) is 14.5. The zero-order chi connectivity index (χ0) is 16.1. The van der Waals surface area contributed by atoms with Crippen LogP contribution in [0.25, 0.3) is 0 Å². The molecule has 1 amide bonds. The monoisotopic (exact) mass is 310 g/mol. The number of fused-ring (bicyclic) bond motifs is 1. The number of nitrogens with one attached hydrogen (secondary N) is 1. The van der Waals surface area contributed by atoms with Crippen LogP contribution in [0.5, 0.6) is 5.75 Å². The molecular weight excluding hydrogens is 288 g/mol. The van der Waals surface area contributed by atoms with Gasteiger partial charge in [0.1, 0.15) is 5.75 Å². The Kier molecular flexibility index (Phi) is 4.91. The second kappa shape index (κ2) is 7.27. The number of pyridine rings is 1. The fraction of sp³-hybridized carbons (Fsp3) is 0.368. The number of amides is 1. The molecule has 1 aliphatic rings. The standard InChI is InChI=1S/C19H22N2O2/c1-14(16-5-6-18-17(13-16)3-2-12-23-18)21-19(22)7-4-15-8-10-20-11-9-15/h5-6,8-11,13-14H,2-4,7,12H2,1H3,(H,21,22)/t14-/m1/s1. The summed E-state index contributed by atoms with van der Waals surface area (Å²) in [5, 5.41) is 3.08. The first-order valence-electron chi connectivity index (χ1n) is 8.16. The number of carbonyl (C=O) groups is 1. The second-order valence-corrected chi connectivity index (χ2v) is 5.96. The molecule has 0 fully saturated rings. The minimum Gasteiger partial charge on any atom is -0.493 e. The predicted molar refractivity (Wildman–Crippen MR) is 89.4 cm³/mol. The molecule has 2 heterocycles. The van der Waals surface area contributed by atoms with E-state index in [9.17, 15) is 4.79 Å². The van der Waals surface area contributed by atoms with E-state index in [0.29, 0.717) is 6.42 Å². The number of benzene rings is 1. The summed E-state index contributed by atoms with van der Waals surface area (Å²) in [6.07, 6.45) is 6.84. The number of nitrogens with zero attached hydrogens (tertiary/aromatic N) is 1. The second-order valence-electron chi connectivity index (χ2n) is 5.96. The van der Waals surface area contributed by atoms with Crippen LogP contribution >= 0.6 is 0 Å². The van der Waals surface area contributed by atoms with E-state index >= 15 is 0 Å². The third kappa shape index (κ3) is 4.09. The molecule has 1 atom stereocenters. The van der Waals surface area contributed by atoms with Crippen molar-refractivity contribution >= 4 is 5.91 Å². The Morgan fingerprint density at radius 2 is 2.13 bits per heavy atom. The van der Waals surface area contributed by atoms with Gasteiger partial charge in [-0.1, -0.05) is 12.1 Å². The van der Waals surface area contributed by atoms with Crippen LogP contribution in [0.3, 0.4) is 0 Å². The Hall–Kier alpha value is -2.36. The average Bonchev–Trinajstić information content (AvgIpc) is 2.60. The van der Waals surface area contributed by atoms with Crippen molar-refractivity contribution in [2.45, 2.75) is 38.6 Å². The van der Waals surface area contributed by atoms with Gasteiger partial charge in [-0.25, -0.2) is 0 Å². The Morgan fingerprint density at radius 3 is 2.96 bits per heavy atom. The Balaban J connectivity index is 1.56. The molecular formula is C19H22N2O2. The molecule has 0 aliphatic carbocycles. The first-order valence-corrected chi connectivity index (χ1v) is 8.16. The Morgan fingerprint density at radius 1 is 1.30 bits per heavy atom. The van der Waals surface area contributed by atoms with Crippen LogP contribution in [0.4, 0.5) is 0 Å². The van der Waals surface area contributed by atoms with Crippen molar-refractivity contribution in [1.82, 2.24) is 10.3 Å². The van der Waals surface area contributed by atoms with Crippen LogP contribution in [0.2, 0.25) is 0 Å². The lowest BCUT2D eigenvalue weighted by molar-refractivity contribution is -0.121. The predicted octanol–water partition coefficient (Wildman–Crippen LogP) is 3.22. The molecule has 0 radical (unpaired) electrons. The first-order chi connectivity index (χ1) is 11.2. The number of ether oxygens (including phenoxy) is 1. The molecule has 1 N–H and O–H groups in total. The molecule has 0 bridgehead atoms. The van der Waals surface area contributed by atoms with E-state index in [1.54, 1.807) is 12.4 Å². The van der Waals surface area contributed by atoms with E-state index < -0.39 is 0 Å². The highest BCUT2D eigenvalue weighted by Gasteiger charge is 2.14. The van der Waals surface area contributed by atoms with Crippen LogP contribution in [-0.2, 0) is 17.6 Å². The molecule has 2 aromatic rings. The lowest BCUT2D eigenvalue weighted by Gasteiger charge is -2.20. The molecule has 0 saturated carbocycles. The smallest absolute Gasteiger partial charge is 0.220 e. The van der Waals surface area contributed by atoms with Crippen molar-refractivity contribution in [1.29, 1.82) is 0 Å². The van der Waals surface area contributed by atoms with E-state index in [1.807, 2.05) is 31.2 Å². The molecule has 3 rings (SSSR count). The number of rotatable bonds is 5. The molecule has 23 heavy (non-hydrogen) atoms. The summed E-state index contributed by atoms with van der Waals surface area (Å²) in [5.74, 6) is 1.06. The van der Waals surface area contributed by atoms with E-state index in [2.05, 4.69) is 16.4 Å². The van der Waals surface area contributed by atoms with Crippen LogP contribution in [0, 0.1) is 0 Å². The molecule has 0 saturated heterocycles. The van der Waals surface area contributed by atoms with Gasteiger partial charge in [0, 0.05) is 18.8 Å². The highest BCUT2D eigenvalue weighted by Crippen LogP contribution is 2.27. The number of carbonyl (C=O) groups excluding carboxylic acids is 1. The topological polar surface area (TPSA) is 51.2 Å². The fourth-order valence-electron chi connectivity index (χ4n) is 2.85. The molecule has 4 nitrogen and oxygen atoms in total. The minimum atomic E-state index is 0.00664. The highest BCUT2D eigenvalue weighted by atomic mass is 16.5. The van der Waals surface area contributed by atoms with Crippen LogP contribution < -0.4 is 10.1 Å². The minimum absolute atomic E-state index is 0.00664. The van der Waals surface area contributed by atoms with Crippen LogP contribution in [0.15, 0.2) is 42.7 Å². The molecule has 0 unspecified atom stereocenters. The van der Waals surface area contributed by atoms with Crippen molar-refractivity contribution in [3.05, 3.63) is 59.4 Å². The third-order valence-corrected chi connectivity index (χ3v) is 4.20. The van der Waals surface area contributed by atoms with Crippen molar-refractivity contribution in [3.63, 3.8) is 0 Å². The lowest BCUT2D eigenvalue weighted by Crippen LogP contribution is -2.27. The Bertz CT molecular complexity index is 670. The summed E-state index contributed by atoms with van der Waals surface area (Å²) >= 11 is 0. The zero-order valence-corrected chi connectivity index (χ0v) is 13.4. The maximum atomic E-state index is 12.1. The lowest BCUT2D eigenvalue weighted by atomic mass is 10.00. The van der Waals surface area contributed by atoms with Gasteiger partial charge in [-0.3, -0.25) is 9.78 Å². The quantitative estimate of drug-likeness (QED) is 0.922. The van der Waals surface area contributed by atoms with Gasteiger partial charge >= 0.3 is 0 Å². The molecule has 1 aliphatic heterocycles.